The van der Waals surface area contributed by atoms with Crippen molar-refractivity contribution in [2.24, 2.45) is 0 Å². The van der Waals surface area contributed by atoms with Gasteiger partial charge >= 0.3 is 5.97 Å². The molecule has 0 bridgehead atoms. The number of aromatic nitrogens is 2. The molecule has 1 unspecified atom stereocenters. The third-order valence-corrected chi connectivity index (χ3v) is 1.48. The van der Waals surface area contributed by atoms with Gasteiger partial charge in [0.2, 0.25) is 0 Å². The summed E-state index contributed by atoms with van der Waals surface area (Å²) < 4.78 is 12.8. The van der Waals surface area contributed by atoms with Gasteiger partial charge in [-0.15, -0.1) is 0 Å². The number of carboxylic acid groups (broad SMARTS) is 1. The van der Waals surface area contributed by atoms with Gasteiger partial charge in [-0.3, -0.25) is 4.79 Å². The second-order valence-corrected chi connectivity index (χ2v) is 2.32. The van der Waals surface area contributed by atoms with Gasteiger partial charge in [0, 0.05) is 0 Å². The molecule has 0 aromatic carbocycles. The highest BCUT2D eigenvalue weighted by Crippen LogP contribution is 2.14. The largest absolute Gasteiger partial charge is 0.481 e. The summed E-state index contributed by atoms with van der Waals surface area (Å²) in [4.78, 5) is 17.4. The minimum absolute atomic E-state index is 0.0856. The molecule has 1 heterocycles. The van der Waals surface area contributed by atoms with Gasteiger partial charge < -0.3 is 5.11 Å². The van der Waals surface area contributed by atoms with Crippen LogP contribution < -0.4 is 0 Å². The number of rotatable bonds is 2. The van der Waals surface area contributed by atoms with Crippen LogP contribution in [0, 0.1) is 5.82 Å². The third kappa shape index (κ3) is 1.55. The molecule has 1 aromatic rings. The molecule has 0 aliphatic heterocycles. The summed E-state index contributed by atoms with van der Waals surface area (Å²) in [6.45, 7) is 1.37. The number of carboxylic acids is 1. The van der Waals surface area contributed by atoms with Crippen molar-refractivity contribution < 1.29 is 14.3 Å². The van der Waals surface area contributed by atoms with Gasteiger partial charge in [-0.2, -0.15) is 0 Å². The second kappa shape index (κ2) is 3.25. The molecule has 0 saturated carbocycles. The maximum atomic E-state index is 12.8. The molecule has 0 amide bonds. The van der Waals surface area contributed by atoms with Crippen molar-refractivity contribution in [1.29, 1.82) is 0 Å². The van der Waals surface area contributed by atoms with Gasteiger partial charge in [-0.05, 0) is 6.92 Å². The van der Waals surface area contributed by atoms with Gasteiger partial charge in [0.1, 0.15) is 6.33 Å². The molecule has 0 spiro atoms. The first-order valence-electron chi connectivity index (χ1n) is 3.31. The summed E-state index contributed by atoms with van der Waals surface area (Å²) in [5.74, 6) is -2.73. The lowest BCUT2D eigenvalue weighted by molar-refractivity contribution is -0.138. The molecule has 1 atom stereocenters. The number of hydrogen-bond donors (Lipinski definition) is 1. The van der Waals surface area contributed by atoms with Gasteiger partial charge in [0.05, 0.1) is 17.8 Å². The molecule has 0 aliphatic carbocycles. The van der Waals surface area contributed by atoms with Gasteiger partial charge in [0.15, 0.2) is 5.82 Å². The Morgan fingerprint density at radius 2 is 2.42 bits per heavy atom. The third-order valence-electron chi connectivity index (χ3n) is 1.48. The monoisotopic (exact) mass is 170 g/mol. The average molecular weight is 170 g/mol. The summed E-state index contributed by atoms with van der Waals surface area (Å²) in [7, 11) is 0. The standard InChI is InChI=1S/C7H7FN2O2/c1-4(7(11)12)6-5(8)2-9-3-10-6/h2-4H,1H3,(H,11,12). The fourth-order valence-corrected chi connectivity index (χ4v) is 0.758. The number of halogens is 1. The van der Waals surface area contributed by atoms with E-state index in [4.69, 9.17) is 5.11 Å². The molecule has 64 valence electrons. The zero-order valence-corrected chi connectivity index (χ0v) is 6.36. The Labute approximate surface area is 68.1 Å². The lowest BCUT2D eigenvalue weighted by Gasteiger charge is -2.04. The first-order valence-corrected chi connectivity index (χ1v) is 3.31. The van der Waals surface area contributed by atoms with Crippen molar-refractivity contribution in [3.05, 3.63) is 24.0 Å². The van der Waals surface area contributed by atoms with E-state index >= 15 is 0 Å². The van der Waals surface area contributed by atoms with E-state index in [0.29, 0.717) is 0 Å². The molecule has 5 heteroatoms. The molecular weight excluding hydrogens is 163 g/mol. The van der Waals surface area contributed by atoms with Crippen molar-refractivity contribution in [3.63, 3.8) is 0 Å². The van der Waals surface area contributed by atoms with E-state index in [1.54, 1.807) is 0 Å². The highest BCUT2D eigenvalue weighted by molar-refractivity contribution is 5.74. The SMILES string of the molecule is CC(C(=O)O)c1ncncc1F. The van der Waals surface area contributed by atoms with E-state index < -0.39 is 17.7 Å². The van der Waals surface area contributed by atoms with Crippen molar-refractivity contribution in [2.75, 3.05) is 0 Å². The maximum absolute atomic E-state index is 12.8. The van der Waals surface area contributed by atoms with E-state index in [9.17, 15) is 9.18 Å². The quantitative estimate of drug-likeness (QED) is 0.713. The molecule has 1 rings (SSSR count). The lowest BCUT2D eigenvalue weighted by Crippen LogP contribution is -2.11. The van der Waals surface area contributed by atoms with E-state index in [2.05, 4.69) is 9.97 Å². The topological polar surface area (TPSA) is 63.1 Å². The van der Waals surface area contributed by atoms with Crippen LogP contribution in [0.2, 0.25) is 0 Å². The van der Waals surface area contributed by atoms with Crippen LogP contribution in [-0.4, -0.2) is 21.0 Å². The molecular formula is C7H7FN2O2. The molecule has 4 nitrogen and oxygen atoms in total. The Hall–Kier alpha value is -1.52. The van der Waals surface area contributed by atoms with Crippen LogP contribution in [-0.2, 0) is 4.79 Å². The minimum atomic E-state index is -1.10. The normalized spacial score (nSPS) is 12.5. The van der Waals surface area contributed by atoms with E-state index in [0.717, 1.165) is 12.5 Å². The Bertz CT molecular complexity index is 303. The van der Waals surface area contributed by atoms with Crippen LogP contribution >= 0.6 is 0 Å². The molecule has 12 heavy (non-hydrogen) atoms. The molecule has 0 saturated heterocycles. The highest BCUT2D eigenvalue weighted by atomic mass is 19.1. The van der Waals surface area contributed by atoms with Crippen LogP contribution in [0.25, 0.3) is 0 Å². The van der Waals surface area contributed by atoms with E-state index in [1.807, 2.05) is 0 Å². The van der Waals surface area contributed by atoms with Crippen molar-refractivity contribution in [1.82, 2.24) is 9.97 Å². The van der Waals surface area contributed by atoms with Gasteiger partial charge in [-0.25, -0.2) is 14.4 Å². The lowest BCUT2D eigenvalue weighted by atomic mass is 10.1. The predicted molar refractivity (Wildman–Crippen MR) is 38.0 cm³/mol. The Balaban J connectivity index is 3.02. The second-order valence-electron chi connectivity index (χ2n) is 2.32. The van der Waals surface area contributed by atoms with Crippen molar-refractivity contribution in [3.8, 4) is 0 Å². The molecule has 0 fully saturated rings. The van der Waals surface area contributed by atoms with Crippen LogP contribution in [0.5, 0.6) is 0 Å². The fourth-order valence-electron chi connectivity index (χ4n) is 0.758. The minimum Gasteiger partial charge on any atom is -0.481 e. The number of hydrogen-bond acceptors (Lipinski definition) is 3. The summed E-state index contributed by atoms with van der Waals surface area (Å²) >= 11 is 0. The zero-order valence-electron chi connectivity index (χ0n) is 6.36. The van der Waals surface area contributed by atoms with E-state index in [-0.39, 0.29) is 5.69 Å². The first kappa shape index (κ1) is 8.58. The molecule has 1 N–H and O–H groups in total. The molecule has 0 aliphatic rings. The van der Waals surface area contributed by atoms with E-state index in [1.165, 1.54) is 6.92 Å². The number of aliphatic carboxylic acids is 1. The number of nitrogens with zero attached hydrogens (tertiary/aromatic N) is 2. The number of carbonyl (C=O) groups is 1. The summed E-state index contributed by atoms with van der Waals surface area (Å²) in [6, 6.07) is 0. The van der Waals surface area contributed by atoms with Gasteiger partial charge in [-0.1, -0.05) is 0 Å². The maximum Gasteiger partial charge on any atom is 0.312 e. The smallest absolute Gasteiger partial charge is 0.312 e. The average Bonchev–Trinajstić information content (AvgIpc) is 2.04. The van der Waals surface area contributed by atoms with Crippen LogP contribution in [0.1, 0.15) is 18.5 Å². The Kier molecular flexibility index (Phi) is 2.32. The van der Waals surface area contributed by atoms with Crippen LogP contribution in [0.15, 0.2) is 12.5 Å². The van der Waals surface area contributed by atoms with Gasteiger partial charge in [0.25, 0.3) is 0 Å². The molecule has 0 radical (unpaired) electrons. The summed E-state index contributed by atoms with van der Waals surface area (Å²) in [6.07, 6.45) is 2.07. The molecule has 1 aromatic heterocycles. The van der Waals surface area contributed by atoms with Crippen molar-refractivity contribution in [2.45, 2.75) is 12.8 Å². The van der Waals surface area contributed by atoms with Crippen LogP contribution in [0.3, 0.4) is 0 Å². The first-order chi connectivity index (χ1) is 5.63. The highest BCUT2D eigenvalue weighted by Gasteiger charge is 2.18. The van der Waals surface area contributed by atoms with Crippen LogP contribution in [0.4, 0.5) is 4.39 Å². The predicted octanol–water partition coefficient (Wildman–Crippen LogP) is 0.804. The summed E-state index contributed by atoms with van der Waals surface area (Å²) in [5.41, 5.74) is -0.0856. The summed E-state index contributed by atoms with van der Waals surface area (Å²) in [5, 5.41) is 8.53. The fraction of sp³-hybridized carbons (Fsp3) is 0.286. The zero-order chi connectivity index (χ0) is 9.14. The van der Waals surface area contributed by atoms with Crippen molar-refractivity contribution >= 4 is 5.97 Å². The Morgan fingerprint density at radius 3 is 2.92 bits per heavy atom. The Morgan fingerprint density at radius 1 is 1.75 bits per heavy atom.